The Morgan fingerprint density at radius 3 is 1.75 bits per heavy atom. The molecule has 4 nitrogen and oxygen atoms in total. The molecule has 0 bridgehead atoms. The first-order valence-corrected chi connectivity index (χ1v) is 18.8. The molecule has 0 aliphatic carbocycles. The lowest BCUT2D eigenvalue weighted by Gasteiger charge is -2.14. The number of fused-ring (bicyclic) bond motifs is 6. The van der Waals surface area contributed by atoms with Gasteiger partial charge in [-0.1, -0.05) is 151 Å². The number of benzene rings is 8. The highest BCUT2D eigenvalue weighted by molar-refractivity contribution is 7.26. The van der Waals surface area contributed by atoms with E-state index in [1.54, 1.807) is 12.1 Å². The highest BCUT2D eigenvalue weighted by Crippen LogP contribution is 2.44. The summed E-state index contributed by atoms with van der Waals surface area (Å²) in [6, 6.07) is 38.5. The molecule has 0 aliphatic rings. The topological polar surface area (TPSA) is 43.6 Å². The molecule has 0 spiro atoms. The Morgan fingerprint density at radius 2 is 1.02 bits per heavy atom. The van der Waals surface area contributed by atoms with Crippen LogP contribution >= 0.6 is 11.3 Å². The van der Waals surface area contributed by atoms with E-state index >= 15 is 0 Å². The van der Waals surface area contributed by atoms with Gasteiger partial charge in [-0.3, -0.25) is 0 Å². The van der Waals surface area contributed by atoms with E-state index < -0.39 is 60.4 Å². The Hall–Kier alpha value is -7.21. The highest BCUT2D eigenvalue weighted by atomic mass is 32.1. The maximum absolute atomic E-state index is 8.96. The Kier molecular flexibility index (Phi) is 5.58. The molecule has 0 atom stereocenters. The van der Waals surface area contributed by atoms with E-state index in [-0.39, 0.29) is 22.3 Å². The summed E-state index contributed by atoms with van der Waals surface area (Å²) in [6.45, 7) is 0. The third kappa shape index (κ3) is 5.40. The van der Waals surface area contributed by atoms with Gasteiger partial charge < -0.3 is 4.57 Å². The quantitative estimate of drug-likeness (QED) is 0.170. The third-order valence-electron chi connectivity index (χ3n) is 10.0. The third-order valence-corrected chi connectivity index (χ3v) is 11.2. The zero-order chi connectivity index (χ0) is 45.7. The fourth-order valence-electron chi connectivity index (χ4n) is 7.51. The number of para-hydroxylation sites is 3. The lowest BCUT2D eigenvalue weighted by molar-refractivity contribution is 1.06. The summed E-state index contributed by atoms with van der Waals surface area (Å²) in [4.78, 5) is 15.3. The van der Waals surface area contributed by atoms with Gasteiger partial charge in [0, 0.05) is 53.2 Å². The van der Waals surface area contributed by atoms with E-state index in [0.717, 1.165) is 48.7 Å². The summed E-state index contributed by atoms with van der Waals surface area (Å²) in [6.07, 6.45) is 0. The molecule has 56 heavy (non-hydrogen) atoms. The fourth-order valence-corrected chi connectivity index (χ4v) is 8.75. The molecule has 0 N–H and O–H groups in total. The Balaban J connectivity index is 1.15. The number of aromatic nitrogens is 4. The van der Waals surface area contributed by atoms with Gasteiger partial charge in [-0.25, -0.2) is 15.0 Å². The van der Waals surface area contributed by atoms with Crippen LogP contribution in [-0.4, -0.2) is 19.5 Å². The highest BCUT2D eigenvalue weighted by Gasteiger charge is 2.20. The predicted octanol–water partition coefficient (Wildman–Crippen LogP) is 13.7. The predicted molar refractivity (Wildman–Crippen MR) is 234 cm³/mol. The van der Waals surface area contributed by atoms with Gasteiger partial charge in [0.2, 0.25) is 0 Å². The molecule has 0 fully saturated rings. The molecule has 0 saturated heterocycles. The van der Waals surface area contributed by atoms with Gasteiger partial charge in [-0.05, 0) is 59.2 Å². The van der Waals surface area contributed by atoms with E-state index in [9.17, 15) is 0 Å². The molecule has 3 aromatic heterocycles. The van der Waals surface area contributed by atoms with Crippen molar-refractivity contribution in [1.29, 1.82) is 0 Å². The lowest BCUT2D eigenvalue weighted by Crippen LogP contribution is -2.03. The van der Waals surface area contributed by atoms with E-state index in [2.05, 4.69) is 34.9 Å². The molecule has 0 aliphatic heterocycles. The average Bonchev–Trinajstić information content (AvgIpc) is 3.89. The largest absolute Gasteiger partial charge is 0.309 e. The van der Waals surface area contributed by atoms with Crippen LogP contribution in [0.2, 0.25) is 0 Å². The normalized spacial score (nSPS) is 14.1. The van der Waals surface area contributed by atoms with E-state index in [4.69, 9.17) is 28.7 Å². The molecule has 262 valence electrons. The van der Waals surface area contributed by atoms with Crippen LogP contribution in [0.4, 0.5) is 0 Å². The number of thiophene rings is 1. The van der Waals surface area contributed by atoms with Crippen LogP contribution in [0.1, 0.15) is 13.7 Å². The lowest BCUT2D eigenvalue weighted by atomic mass is 9.96. The van der Waals surface area contributed by atoms with Gasteiger partial charge in [-0.2, -0.15) is 0 Å². The second kappa shape index (κ2) is 13.3. The van der Waals surface area contributed by atoms with Gasteiger partial charge >= 0.3 is 0 Å². The van der Waals surface area contributed by atoms with Crippen LogP contribution in [0.15, 0.2) is 194 Å². The second-order valence-corrected chi connectivity index (χ2v) is 14.3. The van der Waals surface area contributed by atoms with Crippen molar-refractivity contribution >= 4 is 53.3 Å². The molecule has 3 heterocycles. The SMILES string of the molecule is [2H]c1c([2H])c([2H])c(-c2cc(-c3c([2H])c([2H])c([2H])c([2H])c3[2H])c3sc4cc(-c5nc(-c6ccccc6)nc(-c6ccccc6-n6c7ccccc7c7ccccc76)n5)ccc4c3c2)c([2H])c1[2H]. The summed E-state index contributed by atoms with van der Waals surface area (Å²) in [5, 5.41) is 3.58. The Labute approximate surface area is 341 Å². The number of hydrogen-bond donors (Lipinski definition) is 0. The summed E-state index contributed by atoms with van der Waals surface area (Å²) in [5.41, 5.74) is 5.59. The molecule has 8 aromatic carbocycles. The van der Waals surface area contributed by atoms with Crippen molar-refractivity contribution in [3.05, 3.63) is 194 Å². The van der Waals surface area contributed by atoms with Crippen LogP contribution < -0.4 is 0 Å². The first-order valence-electron chi connectivity index (χ1n) is 23.0. The molecule has 11 rings (SSSR count). The average molecular weight is 743 g/mol. The number of nitrogens with zero attached hydrogens (tertiary/aromatic N) is 4. The molecule has 0 unspecified atom stereocenters. The van der Waals surface area contributed by atoms with Gasteiger partial charge in [0.1, 0.15) is 0 Å². The van der Waals surface area contributed by atoms with Crippen molar-refractivity contribution in [2.45, 2.75) is 0 Å². The van der Waals surface area contributed by atoms with Crippen LogP contribution in [0.3, 0.4) is 0 Å². The van der Waals surface area contributed by atoms with Crippen molar-refractivity contribution < 1.29 is 13.7 Å². The van der Waals surface area contributed by atoms with Gasteiger partial charge in [0.05, 0.1) is 30.4 Å². The van der Waals surface area contributed by atoms with Crippen molar-refractivity contribution in [2.75, 3.05) is 0 Å². The first-order chi connectivity index (χ1) is 31.9. The van der Waals surface area contributed by atoms with Gasteiger partial charge in [0.25, 0.3) is 0 Å². The molecule has 5 heteroatoms. The summed E-state index contributed by atoms with van der Waals surface area (Å²) in [7, 11) is 0. The zero-order valence-electron chi connectivity index (χ0n) is 39.4. The minimum absolute atomic E-state index is 0.0662. The molecule has 0 radical (unpaired) electrons. The van der Waals surface area contributed by atoms with E-state index in [1.807, 2.05) is 91.0 Å². The minimum atomic E-state index is -0.544. The van der Waals surface area contributed by atoms with Gasteiger partial charge in [-0.15, -0.1) is 11.3 Å². The van der Waals surface area contributed by atoms with Crippen molar-refractivity contribution in [2.24, 2.45) is 0 Å². The standard InChI is InChI=1S/C51H32N4S/c1-4-16-33(17-5-1)37-30-42(34-18-6-2-7-19-34)48-43(31-37)40-29-28-36(32-47(40)56-48)50-52-49(35-20-8-3-9-21-35)53-51(54-50)41-24-12-15-27-46(41)55-44-25-13-10-22-38(44)39-23-11-14-26-45(39)55/h1-32H/i1D,2D,4D,5D,6D,7D,16D,17D,18D,19D. The van der Waals surface area contributed by atoms with Crippen molar-refractivity contribution in [3.63, 3.8) is 0 Å². The fraction of sp³-hybridized carbons (Fsp3) is 0. The molecule has 0 amide bonds. The monoisotopic (exact) mass is 742 g/mol. The van der Waals surface area contributed by atoms with Crippen LogP contribution in [-0.2, 0) is 0 Å². The summed E-state index contributed by atoms with van der Waals surface area (Å²) < 4.78 is 89.5. The maximum atomic E-state index is 8.96. The van der Waals surface area contributed by atoms with Crippen molar-refractivity contribution in [3.8, 4) is 62.1 Å². The second-order valence-electron chi connectivity index (χ2n) is 13.3. The van der Waals surface area contributed by atoms with Crippen molar-refractivity contribution in [1.82, 2.24) is 19.5 Å². The van der Waals surface area contributed by atoms with Crippen LogP contribution in [0.5, 0.6) is 0 Å². The Bertz CT molecular complexity index is 3740. The number of rotatable bonds is 6. The summed E-state index contributed by atoms with van der Waals surface area (Å²) >= 11 is 1.34. The zero-order valence-corrected chi connectivity index (χ0v) is 30.2. The van der Waals surface area contributed by atoms with E-state index in [0.29, 0.717) is 33.1 Å². The molecular weight excluding hydrogens is 701 g/mol. The smallest absolute Gasteiger partial charge is 0.166 e. The molecular formula is C51H32N4S. The Morgan fingerprint density at radius 1 is 0.411 bits per heavy atom. The molecule has 11 aromatic rings. The van der Waals surface area contributed by atoms with Crippen LogP contribution in [0.25, 0.3) is 104 Å². The number of hydrogen-bond acceptors (Lipinski definition) is 4. The van der Waals surface area contributed by atoms with E-state index in [1.165, 1.54) is 11.3 Å². The molecule has 0 saturated carbocycles. The summed E-state index contributed by atoms with van der Waals surface area (Å²) in [5.74, 6) is 1.33. The first kappa shape index (κ1) is 23.5. The van der Waals surface area contributed by atoms with Gasteiger partial charge in [0.15, 0.2) is 17.5 Å². The maximum Gasteiger partial charge on any atom is 0.166 e. The minimum Gasteiger partial charge on any atom is -0.309 e. The van der Waals surface area contributed by atoms with Crippen LogP contribution in [0, 0.1) is 0 Å².